The average molecular weight is 177 g/mol. The first-order valence-corrected chi connectivity index (χ1v) is 3.93. The van der Waals surface area contributed by atoms with E-state index in [0.717, 1.165) is 6.42 Å². The van der Waals surface area contributed by atoms with Crippen LogP contribution in [0, 0.1) is 5.41 Å². The molecule has 1 rings (SSSR count). The van der Waals surface area contributed by atoms with Gasteiger partial charge in [-0.15, -0.1) is 0 Å². The third-order valence-electron chi connectivity index (χ3n) is 2.38. The molecule has 0 spiro atoms. The average Bonchev–Trinajstić information content (AvgIpc) is 2.35. The van der Waals surface area contributed by atoms with Crippen LogP contribution in [0.5, 0.6) is 0 Å². The quantitative estimate of drug-likeness (QED) is 0.332. The van der Waals surface area contributed by atoms with Gasteiger partial charge < -0.3 is 14.7 Å². The number of carboxylic acids is 1. The van der Waals surface area contributed by atoms with Gasteiger partial charge in [0.05, 0.1) is 11.7 Å². The number of nitrogens with zero attached hydrogens (tertiary/aromatic N) is 1. The molecular formula is C8H12LiNO3. The number of hydrogen-bond donors (Lipinski definition) is 0. The molecule has 5 heteroatoms. The summed E-state index contributed by atoms with van der Waals surface area (Å²) >= 11 is 0. The fourth-order valence-electron chi connectivity index (χ4n) is 1.51. The summed E-state index contributed by atoms with van der Waals surface area (Å²) in [5, 5.41) is 14.5. The van der Waals surface area contributed by atoms with Crippen molar-refractivity contribution in [3.8, 4) is 0 Å². The Kier molecular flexibility index (Phi) is 4.52. The molecule has 0 saturated heterocycles. The zero-order valence-electron chi connectivity index (χ0n) is 8.29. The van der Waals surface area contributed by atoms with Crippen LogP contribution in [-0.2, 0) is 9.63 Å². The molecule has 1 unspecified atom stereocenters. The van der Waals surface area contributed by atoms with E-state index in [-0.39, 0.29) is 18.9 Å². The summed E-state index contributed by atoms with van der Waals surface area (Å²) in [6.45, 7) is 1.63. The number of carbonyl (C=O) groups is 1. The second-order valence-corrected chi connectivity index (χ2v) is 3.19. The fourth-order valence-corrected chi connectivity index (χ4v) is 1.51. The number of hydrogen-bond acceptors (Lipinski definition) is 4. The Morgan fingerprint density at radius 3 is 2.77 bits per heavy atom. The van der Waals surface area contributed by atoms with Crippen LogP contribution >= 0.6 is 0 Å². The van der Waals surface area contributed by atoms with E-state index in [2.05, 4.69) is 9.99 Å². The number of carboxylic acid groups (broad SMARTS) is 1. The van der Waals surface area contributed by atoms with Crippen molar-refractivity contribution < 1.29 is 33.6 Å². The number of carbonyl (C=O) groups excluding carboxylic acids is 1. The first-order valence-electron chi connectivity index (χ1n) is 3.93. The van der Waals surface area contributed by atoms with E-state index in [1.165, 1.54) is 7.11 Å². The zero-order chi connectivity index (χ0) is 9.19. The molecule has 13 heavy (non-hydrogen) atoms. The van der Waals surface area contributed by atoms with Gasteiger partial charge in [0.1, 0.15) is 7.11 Å². The van der Waals surface area contributed by atoms with Crippen LogP contribution in [0.1, 0.15) is 26.2 Å². The summed E-state index contributed by atoms with van der Waals surface area (Å²) < 4.78 is 0. The summed E-state index contributed by atoms with van der Waals surface area (Å²) in [5.74, 6) is -1.06. The molecule has 1 atom stereocenters. The van der Waals surface area contributed by atoms with E-state index in [9.17, 15) is 9.90 Å². The first-order chi connectivity index (χ1) is 5.61. The van der Waals surface area contributed by atoms with Crippen molar-refractivity contribution in [3.05, 3.63) is 0 Å². The molecule has 0 aromatic heterocycles. The third-order valence-corrected chi connectivity index (χ3v) is 2.38. The van der Waals surface area contributed by atoms with E-state index in [0.29, 0.717) is 18.6 Å². The summed E-state index contributed by atoms with van der Waals surface area (Å²) in [4.78, 5) is 15.3. The smallest absolute Gasteiger partial charge is 0.549 e. The van der Waals surface area contributed by atoms with Gasteiger partial charge >= 0.3 is 18.9 Å². The monoisotopic (exact) mass is 177 g/mol. The molecule has 0 aliphatic heterocycles. The molecule has 1 aliphatic carbocycles. The molecule has 1 fully saturated rings. The van der Waals surface area contributed by atoms with Crippen LogP contribution in [0.2, 0.25) is 0 Å². The van der Waals surface area contributed by atoms with Crippen molar-refractivity contribution in [1.82, 2.24) is 0 Å². The Morgan fingerprint density at radius 1 is 1.69 bits per heavy atom. The standard InChI is InChI=1S/C8H13NO3.Li/c1-8(7(10)11)5-3-4-6(8)9-12-2;/h3-5H2,1-2H3,(H,10,11);/q;+1/p-1. The van der Waals surface area contributed by atoms with Gasteiger partial charge in [0.2, 0.25) is 0 Å². The number of rotatable bonds is 2. The van der Waals surface area contributed by atoms with Crippen LogP contribution in [0.4, 0.5) is 0 Å². The number of aliphatic carboxylic acids is 1. The van der Waals surface area contributed by atoms with Crippen LogP contribution in [0.25, 0.3) is 0 Å². The Balaban J connectivity index is 0.00000144. The molecular weight excluding hydrogens is 165 g/mol. The Labute approximate surface area is 89.5 Å². The van der Waals surface area contributed by atoms with E-state index < -0.39 is 11.4 Å². The van der Waals surface area contributed by atoms with Crippen molar-refractivity contribution >= 4 is 11.7 Å². The minimum atomic E-state index is -1.06. The van der Waals surface area contributed by atoms with E-state index in [4.69, 9.17) is 0 Å². The molecule has 68 valence electrons. The number of oxime groups is 1. The van der Waals surface area contributed by atoms with Gasteiger partial charge in [-0.05, 0) is 26.2 Å². The van der Waals surface area contributed by atoms with Crippen molar-refractivity contribution in [2.24, 2.45) is 10.6 Å². The topological polar surface area (TPSA) is 61.7 Å². The van der Waals surface area contributed by atoms with Gasteiger partial charge in [0.15, 0.2) is 0 Å². The molecule has 0 bridgehead atoms. The van der Waals surface area contributed by atoms with E-state index in [1.807, 2.05) is 0 Å². The summed E-state index contributed by atoms with van der Waals surface area (Å²) in [7, 11) is 1.42. The zero-order valence-corrected chi connectivity index (χ0v) is 8.29. The van der Waals surface area contributed by atoms with Crippen LogP contribution in [-0.4, -0.2) is 18.8 Å². The maximum atomic E-state index is 10.8. The van der Waals surface area contributed by atoms with Crippen molar-refractivity contribution in [2.45, 2.75) is 26.2 Å². The van der Waals surface area contributed by atoms with Crippen molar-refractivity contribution in [3.63, 3.8) is 0 Å². The van der Waals surface area contributed by atoms with E-state index >= 15 is 0 Å². The fraction of sp³-hybridized carbons (Fsp3) is 0.750. The molecule has 0 radical (unpaired) electrons. The molecule has 0 N–H and O–H groups in total. The molecule has 0 heterocycles. The Morgan fingerprint density at radius 2 is 2.31 bits per heavy atom. The van der Waals surface area contributed by atoms with Crippen molar-refractivity contribution in [1.29, 1.82) is 0 Å². The van der Waals surface area contributed by atoms with Gasteiger partial charge in [-0.2, -0.15) is 0 Å². The van der Waals surface area contributed by atoms with Crippen LogP contribution in [0.15, 0.2) is 5.16 Å². The molecule has 0 amide bonds. The van der Waals surface area contributed by atoms with Gasteiger partial charge in [0, 0.05) is 5.41 Å². The molecule has 0 aromatic rings. The van der Waals surface area contributed by atoms with Crippen molar-refractivity contribution in [2.75, 3.05) is 7.11 Å². The largest absolute Gasteiger partial charge is 1.00 e. The van der Waals surface area contributed by atoms with Gasteiger partial charge in [-0.3, -0.25) is 0 Å². The SMILES string of the molecule is CON=C1CCCC1(C)C(=O)[O-].[Li+]. The van der Waals surface area contributed by atoms with Gasteiger partial charge in [-0.1, -0.05) is 5.16 Å². The Bertz CT molecular complexity index is 229. The third kappa shape index (κ3) is 2.26. The van der Waals surface area contributed by atoms with Crippen LogP contribution in [0.3, 0.4) is 0 Å². The minimum Gasteiger partial charge on any atom is -0.549 e. The summed E-state index contributed by atoms with van der Waals surface area (Å²) in [6.07, 6.45) is 2.13. The minimum absolute atomic E-state index is 0. The predicted octanol–water partition coefficient (Wildman–Crippen LogP) is -3.07. The molecule has 1 aliphatic rings. The first kappa shape index (κ1) is 12.5. The second kappa shape index (κ2) is 4.68. The second-order valence-electron chi connectivity index (χ2n) is 3.19. The molecule has 1 saturated carbocycles. The molecule has 0 aromatic carbocycles. The van der Waals surface area contributed by atoms with Crippen LogP contribution < -0.4 is 24.0 Å². The maximum Gasteiger partial charge on any atom is 1.00 e. The Hall–Kier alpha value is -0.463. The molecule has 4 nitrogen and oxygen atoms in total. The summed E-state index contributed by atoms with van der Waals surface area (Å²) in [5.41, 5.74) is -0.319. The van der Waals surface area contributed by atoms with Gasteiger partial charge in [-0.25, -0.2) is 0 Å². The maximum absolute atomic E-state index is 10.8. The summed E-state index contributed by atoms with van der Waals surface area (Å²) in [6, 6.07) is 0. The van der Waals surface area contributed by atoms with E-state index in [1.54, 1.807) is 6.92 Å². The predicted molar refractivity (Wildman–Crippen MR) is 41.4 cm³/mol. The van der Waals surface area contributed by atoms with Gasteiger partial charge in [0.25, 0.3) is 0 Å². The normalized spacial score (nSPS) is 29.8.